The van der Waals surface area contributed by atoms with E-state index in [-0.39, 0.29) is 36.0 Å². The SMILES string of the molecule is CC(=O)C(NC(=O)CN1CCC(C(=O)Nc2ccccn2)CC1)C(C)C. The zero-order valence-electron chi connectivity index (χ0n) is 15.7. The number of amides is 2. The van der Waals surface area contributed by atoms with Crippen LogP contribution < -0.4 is 10.6 Å². The Morgan fingerprint density at radius 3 is 2.46 bits per heavy atom. The standard InChI is InChI=1S/C19H28N4O3/c1-13(2)18(14(3)24)22-17(25)12-23-10-7-15(8-11-23)19(26)21-16-6-4-5-9-20-16/h4-6,9,13,15,18H,7-8,10-12H2,1-3H3,(H,22,25)(H,20,21,26). The van der Waals surface area contributed by atoms with Gasteiger partial charge in [-0.15, -0.1) is 0 Å². The van der Waals surface area contributed by atoms with Crippen LogP contribution in [0.3, 0.4) is 0 Å². The first kappa shape index (κ1) is 20.0. The van der Waals surface area contributed by atoms with Crippen LogP contribution in [0.4, 0.5) is 5.82 Å². The van der Waals surface area contributed by atoms with E-state index in [0.717, 1.165) is 0 Å². The zero-order chi connectivity index (χ0) is 19.1. The second kappa shape index (κ2) is 9.43. The molecule has 2 N–H and O–H groups in total. The van der Waals surface area contributed by atoms with Crippen LogP contribution in [0.1, 0.15) is 33.6 Å². The molecule has 7 heteroatoms. The molecule has 7 nitrogen and oxygen atoms in total. The van der Waals surface area contributed by atoms with E-state index in [0.29, 0.717) is 31.7 Å². The van der Waals surface area contributed by atoms with Crippen molar-refractivity contribution >= 4 is 23.4 Å². The monoisotopic (exact) mass is 360 g/mol. The normalized spacial score (nSPS) is 16.9. The lowest BCUT2D eigenvalue weighted by molar-refractivity contribution is -0.129. The fraction of sp³-hybridized carbons (Fsp3) is 0.579. The van der Waals surface area contributed by atoms with Crippen molar-refractivity contribution in [1.29, 1.82) is 0 Å². The van der Waals surface area contributed by atoms with Crippen molar-refractivity contribution < 1.29 is 14.4 Å². The second-order valence-electron chi connectivity index (χ2n) is 7.15. The lowest BCUT2D eigenvalue weighted by atomic mass is 9.96. The summed E-state index contributed by atoms with van der Waals surface area (Å²) in [6, 6.07) is 4.95. The summed E-state index contributed by atoms with van der Waals surface area (Å²) in [5, 5.41) is 5.65. The highest BCUT2D eigenvalue weighted by Gasteiger charge is 2.27. The van der Waals surface area contributed by atoms with E-state index in [1.807, 2.05) is 24.8 Å². The Morgan fingerprint density at radius 1 is 1.23 bits per heavy atom. The van der Waals surface area contributed by atoms with Gasteiger partial charge in [-0.05, 0) is 50.9 Å². The molecule has 0 saturated carbocycles. The van der Waals surface area contributed by atoms with E-state index in [1.54, 1.807) is 18.3 Å². The molecule has 1 atom stereocenters. The van der Waals surface area contributed by atoms with Gasteiger partial charge in [0.1, 0.15) is 5.82 Å². The first-order chi connectivity index (χ1) is 12.4. The van der Waals surface area contributed by atoms with Gasteiger partial charge in [-0.25, -0.2) is 4.98 Å². The smallest absolute Gasteiger partial charge is 0.234 e. The molecule has 1 unspecified atom stereocenters. The molecule has 0 aliphatic carbocycles. The van der Waals surface area contributed by atoms with Gasteiger partial charge in [0.25, 0.3) is 0 Å². The van der Waals surface area contributed by atoms with Gasteiger partial charge in [-0.1, -0.05) is 19.9 Å². The molecule has 1 saturated heterocycles. The van der Waals surface area contributed by atoms with E-state index in [1.165, 1.54) is 6.92 Å². The van der Waals surface area contributed by atoms with Crippen molar-refractivity contribution in [2.75, 3.05) is 25.0 Å². The number of aromatic nitrogens is 1. The van der Waals surface area contributed by atoms with Gasteiger partial charge in [-0.3, -0.25) is 19.3 Å². The highest BCUT2D eigenvalue weighted by atomic mass is 16.2. The third-order valence-corrected chi connectivity index (χ3v) is 4.66. The lowest BCUT2D eigenvalue weighted by Gasteiger charge is -2.31. The number of carbonyl (C=O) groups excluding carboxylic acids is 3. The van der Waals surface area contributed by atoms with Crippen LogP contribution in [0.5, 0.6) is 0 Å². The molecule has 1 aliphatic heterocycles. The number of ketones is 1. The van der Waals surface area contributed by atoms with E-state index in [2.05, 4.69) is 15.6 Å². The summed E-state index contributed by atoms with van der Waals surface area (Å²) in [4.78, 5) is 42.2. The molecule has 1 aromatic rings. The van der Waals surface area contributed by atoms with Crippen molar-refractivity contribution in [3.05, 3.63) is 24.4 Å². The minimum Gasteiger partial charge on any atom is -0.345 e. The molecule has 2 heterocycles. The summed E-state index contributed by atoms with van der Waals surface area (Å²) < 4.78 is 0. The molecule has 0 spiro atoms. The number of rotatable bonds is 7. The van der Waals surface area contributed by atoms with Crippen LogP contribution in [-0.2, 0) is 14.4 Å². The molecular weight excluding hydrogens is 332 g/mol. The topological polar surface area (TPSA) is 91.4 Å². The second-order valence-corrected chi connectivity index (χ2v) is 7.15. The lowest BCUT2D eigenvalue weighted by Crippen LogP contribution is -2.49. The molecule has 1 aliphatic rings. The van der Waals surface area contributed by atoms with Gasteiger partial charge in [-0.2, -0.15) is 0 Å². The fourth-order valence-corrected chi connectivity index (χ4v) is 3.18. The average molecular weight is 360 g/mol. The Labute approximate surface area is 154 Å². The Balaban J connectivity index is 1.76. The minimum atomic E-state index is -0.441. The molecule has 1 fully saturated rings. The Bertz CT molecular complexity index is 625. The summed E-state index contributed by atoms with van der Waals surface area (Å²) in [5.41, 5.74) is 0. The van der Waals surface area contributed by atoms with Gasteiger partial charge < -0.3 is 10.6 Å². The van der Waals surface area contributed by atoms with Gasteiger partial charge in [0.2, 0.25) is 11.8 Å². The average Bonchev–Trinajstić information content (AvgIpc) is 2.60. The maximum absolute atomic E-state index is 12.3. The van der Waals surface area contributed by atoms with Crippen LogP contribution in [0, 0.1) is 11.8 Å². The number of piperidine rings is 1. The fourth-order valence-electron chi connectivity index (χ4n) is 3.18. The number of likely N-dealkylation sites (tertiary alicyclic amines) is 1. The largest absolute Gasteiger partial charge is 0.345 e. The molecule has 26 heavy (non-hydrogen) atoms. The molecular formula is C19H28N4O3. The highest BCUT2D eigenvalue weighted by Crippen LogP contribution is 2.18. The number of nitrogens with zero attached hydrogens (tertiary/aromatic N) is 2. The van der Waals surface area contributed by atoms with Crippen LogP contribution >= 0.6 is 0 Å². The Morgan fingerprint density at radius 2 is 1.92 bits per heavy atom. The molecule has 0 aromatic carbocycles. The summed E-state index contributed by atoms with van der Waals surface area (Å²) in [6.45, 7) is 6.94. The number of carbonyl (C=O) groups is 3. The van der Waals surface area contributed by atoms with Crippen molar-refractivity contribution in [2.45, 2.75) is 39.7 Å². The zero-order valence-corrected chi connectivity index (χ0v) is 15.7. The van der Waals surface area contributed by atoms with Crippen LogP contribution in [0.15, 0.2) is 24.4 Å². The van der Waals surface area contributed by atoms with Crippen molar-refractivity contribution in [3.8, 4) is 0 Å². The summed E-state index contributed by atoms with van der Waals surface area (Å²) in [6.07, 6.45) is 3.04. The first-order valence-electron chi connectivity index (χ1n) is 9.11. The summed E-state index contributed by atoms with van der Waals surface area (Å²) in [5.74, 6) is 0.357. The van der Waals surface area contributed by atoms with E-state index in [9.17, 15) is 14.4 Å². The summed E-state index contributed by atoms with van der Waals surface area (Å²) >= 11 is 0. The van der Waals surface area contributed by atoms with Gasteiger partial charge in [0.05, 0.1) is 12.6 Å². The van der Waals surface area contributed by atoms with Crippen LogP contribution in [-0.4, -0.2) is 53.2 Å². The minimum absolute atomic E-state index is 0.0238. The predicted octanol–water partition coefficient (Wildman–Crippen LogP) is 1.46. The molecule has 142 valence electrons. The van der Waals surface area contributed by atoms with Crippen molar-refractivity contribution in [3.63, 3.8) is 0 Å². The summed E-state index contributed by atoms with van der Waals surface area (Å²) in [7, 11) is 0. The number of Topliss-reactive ketones (excluding diaryl/α,β-unsaturated/α-hetero) is 1. The number of anilines is 1. The molecule has 2 amide bonds. The van der Waals surface area contributed by atoms with Crippen LogP contribution in [0.25, 0.3) is 0 Å². The number of hydrogen-bond donors (Lipinski definition) is 2. The van der Waals surface area contributed by atoms with E-state index < -0.39 is 6.04 Å². The van der Waals surface area contributed by atoms with Gasteiger partial charge in [0.15, 0.2) is 5.78 Å². The predicted molar refractivity (Wildman–Crippen MR) is 99.5 cm³/mol. The number of pyridine rings is 1. The van der Waals surface area contributed by atoms with Crippen molar-refractivity contribution in [1.82, 2.24) is 15.2 Å². The quantitative estimate of drug-likeness (QED) is 0.768. The number of nitrogens with one attached hydrogen (secondary N) is 2. The van der Waals surface area contributed by atoms with Crippen LogP contribution in [0.2, 0.25) is 0 Å². The maximum atomic E-state index is 12.3. The Hall–Kier alpha value is -2.28. The maximum Gasteiger partial charge on any atom is 0.234 e. The van der Waals surface area contributed by atoms with E-state index >= 15 is 0 Å². The molecule has 2 rings (SSSR count). The van der Waals surface area contributed by atoms with Gasteiger partial charge >= 0.3 is 0 Å². The number of hydrogen-bond acceptors (Lipinski definition) is 5. The van der Waals surface area contributed by atoms with Crippen molar-refractivity contribution in [2.24, 2.45) is 11.8 Å². The van der Waals surface area contributed by atoms with Gasteiger partial charge in [0, 0.05) is 12.1 Å². The molecule has 0 bridgehead atoms. The van der Waals surface area contributed by atoms with E-state index in [4.69, 9.17) is 0 Å². The highest BCUT2D eigenvalue weighted by molar-refractivity contribution is 5.91. The third kappa shape index (κ3) is 5.91. The molecule has 0 radical (unpaired) electrons. The third-order valence-electron chi connectivity index (χ3n) is 4.66. The first-order valence-corrected chi connectivity index (χ1v) is 9.11. The molecule has 1 aromatic heterocycles. The Kier molecular flexibility index (Phi) is 7.26.